The maximum absolute atomic E-state index is 12.2. The first kappa shape index (κ1) is 50.5. The molecule has 0 radical (unpaired) electrons. The number of rotatable bonds is 18. The second kappa shape index (κ2) is 28.0. The standard InChI is InChI=1S/C21H33N3O3.C15H24N2O3.C6H9NO/c1-16(9-8-12-22)14-23-15-19(25)18(13-17-10-6-5-7-11-17)24-20(26)27-21(2,3)4;1-15(2,3)20-14(19)17-12(13(18)10-16)9-11-7-5-4-6-8-11;1-6(5-8)3-2-4-7/h5-7,10-11,16,18-19,23,25H,8-9,13-15H2,1-4H3,(H,24,26);4-8,12-13,18H,9-10,16H2,1-3H3,(H,17,19);5-6H,2-3H2,1H3/t16?,18-,19+;12-,13+;/m00./s1. The second-order valence-electron chi connectivity index (χ2n) is 15.5. The van der Waals surface area contributed by atoms with Gasteiger partial charge in [0, 0.05) is 31.8 Å². The fraction of sp³-hybridized carbons (Fsp3) is 0.595. The first-order chi connectivity index (χ1) is 25.8. The van der Waals surface area contributed by atoms with Crippen molar-refractivity contribution in [1.82, 2.24) is 16.0 Å². The number of nitriles is 2. The highest BCUT2D eigenvalue weighted by Gasteiger charge is 2.26. The zero-order valence-electron chi connectivity index (χ0n) is 34.1. The van der Waals surface area contributed by atoms with Crippen molar-refractivity contribution in [2.24, 2.45) is 17.6 Å². The lowest BCUT2D eigenvalue weighted by molar-refractivity contribution is -0.110. The van der Waals surface area contributed by atoms with Gasteiger partial charge >= 0.3 is 12.2 Å². The van der Waals surface area contributed by atoms with Crippen LogP contribution in [0.3, 0.4) is 0 Å². The minimum absolute atomic E-state index is 0.0506. The first-order valence-corrected chi connectivity index (χ1v) is 18.9. The number of hydrogen-bond donors (Lipinski definition) is 6. The smallest absolute Gasteiger partial charge is 0.407 e. The fourth-order valence-electron chi connectivity index (χ4n) is 4.78. The predicted octanol–water partition coefficient (Wildman–Crippen LogP) is 5.58. The lowest BCUT2D eigenvalue weighted by Gasteiger charge is -2.27. The summed E-state index contributed by atoms with van der Waals surface area (Å²) < 4.78 is 10.5. The summed E-state index contributed by atoms with van der Waals surface area (Å²) in [6, 6.07) is 22.5. The van der Waals surface area contributed by atoms with Crippen molar-refractivity contribution in [2.45, 2.75) is 129 Å². The highest BCUT2D eigenvalue weighted by Crippen LogP contribution is 2.12. The average Bonchev–Trinajstić information content (AvgIpc) is 3.11. The molecule has 306 valence electrons. The number of aliphatic hydroxyl groups excluding tert-OH is 2. The van der Waals surface area contributed by atoms with Crippen LogP contribution in [0, 0.1) is 34.5 Å². The molecule has 0 saturated heterocycles. The number of ether oxygens (including phenoxy) is 2. The van der Waals surface area contributed by atoms with Gasteiger partial charge in [0.1, 0.15) is 17.5 Å². The molecule has 0 aromatic heterocycles. The molecule has 0 spiro atoms. The van der Waals surface area contributed by atoms with Gasteiger partial charge in [-0.05, 0) is 90.8 Å². The Morgan fingerprint density at radius 2 is 1.16 bits per heavy atom. The summed E-state index contributed by atoms with van der Waals surface area (Å²) in [4.78, 5) is 33.9. The zero-order valence-corrected chi connectivity index (χ0v) is 34.1. The minimum atomic E-state index is -0.817. The van der Waals surface area contributed by atoms with Gasteiger partial charge < -0.3 is 46.2 Å². The summed E-state index contributed by atoms with van der Waals surface area (Å²) in [7, 11) is 0. The van der Waals surface area contributed by atoms with Gasteiger partial charge in [0.2, 0.25) is 0 Å². The normalized spacial score (nSPS) is 14.2. The van der Waals surface area contributed by atoms with Crippen LogP contribution >= 0.6 is 0 Å². The Morgan fingerprint density at radius 3 is 1.55 bits per heavy atom. The minimum Gasteiger partial charge on any atom is -0.444 e. The summed E-state index contributed by atoms with van der Waals surface area (Å²) in [5.41, 5.74) is 6.36. The number of amides is 2. The van der Waals surface area contributed by atoms with Crippen LogP contribution in [0.2, 0.25) is 0 Å². The highest BCUT2D eigenvalue weighted by molar-refractivity contribution is 5.68. The number of hydrogen-bond acceptors (Lipinski definition) is 11. The molecule has 0 aliphatic heterocycles. The van der Waals surface area contributed by atoms with Crippen LogP contribution in [-0.2, 0) is 27.1 Å². The Morgan fingerprint density at radius 1 is 0.745 bits per heavy atom. The van der Waals surface area contributed by atoms with Gasteiger partial charge in [0.25, 0.3) is 0 Å². The van der Waals surface area contributed by atoms with Gasteiger partial charge in [-0.15, -0.1) is 0 Å². The molecular weight excluding hydrogens is 700 g/mol. The van der Waals surface area contributed by atoms with E-state index in [-0.39, 0.29) is 12.5 Å². The number of aldehydes is 1. The van der Waals surface area contributed by atoms with E-state index >= 15 is 0 Å². The van der Waals surface area contributed by atoms with Gasteiger partial charge in [0.15, 0.2) is 0 Å². The Bertz CT molecular complexity index is 1420. The van der Waals surface area contributed by atoms with Crippen molar-refractivity contribution in [2.75, 3.05) is 19.6 Å². The average molecular weight is 767 g/mol. The van der Waals surface area contributed by atoms with Crippen molar-refractivity contribution in [1.29, 1.82) is 10.5 Å². The molecule has 0 fully saturated rings. The molecule has 0 bridgehead atoms. The maximum atomic E-state index is 12.2. The van der Waals surface area contributed by atoms with E-state index < -0.39 is 47.7 Å². The predicted molar refractivity (Wildman–Crippen MR) is 215 cm³/mol. The number of carbonyl (C=O) groups is 3. The Labute approximate surface area is 329 Å². The molecule has 2 amide bonds. The molecule has 7 N–H and O–H groups in total. The number of nitrogens with zero attached hydrogens (tertiary/aromatic N) is 2. The van der Waals surface area contributed by atoms with Gasteiger partial charge in [-0.3, -0.25) is 0 Å². The molecule has 55 heavy (non-hydrogen) atoms. The summed E-state index contributed by atoms with van der Waals surface area (Å²) in [5.74, 6) is 0.401. The monoisotopic (exact) mass is 766 g/mol. The largest absolute Gasteiger partial charge is 0.444 e. The van der Waals surface area contributed by atoms with E-state index in [2.05, 4.69) is 28.9 Å². The van der Waals surface area contributed by atoms with Crippen LogP contribution in [0.1, 0.15) is 92.2 Å². The SMILES string of the molecule is CC(C)(C)OC(=O)N[C@@H](Cc1ccccc1)[C@H](O)CN.CC(C=O)CCC#N.CC(CCC#N)CNC[C@@H](O)[C@H](Cc1ccccc1)NC(=O)OC(C)(C)C. The fourth-order valence-corrected chi connectivity index (χ4v) is 4.78. The molecule has 2 rings (SSSR count). The molecule has 6 atom stereocenters. The molecule has 0 aliphatic carbocycles. The van der Waals surface area contributed by atoms with Crippen LogP contribution < -0.4 is 21.7 Å². The van der Waals surface area contributed by atoms with E-state index in [4.69, 9.17) is 25.7 Å². The Kier molecular flexibility index (Phi) is 25.7. The van der Waals surface area contributed by atoms with Gasteiger partial charge in [-0.1, -0.05) is 74.5 Å². The molecule has 2 aromatic carbocycles. The van der Waals surface area contributed by atoms with Gasteiger partial charge in [0.05, 0.1) is 36.4 Å². The second-order valence-corrected chi connectivity index (χ2v) is 15.5. The number of carbonyl (C=O) groups excluding carboxylic acids is 3. The van der Waals surface area contributed by atoms with Gasteiger partial charge in [-0.2, -0.15) is 10.5 Å². The number of benzene rings is 2. The van der Waals surface area contributed by atoms with E-state index in [9.17, 15) is 24.6 Å². The van der Waals surface area contributed by atoms with Crippen LogP contribution in [-0.4, -0.2) is 83.8 Å². The lowest BCUT2D eigenvalue weighted by Crippen LogP contribution is -2.50. The van der Waals surface area contributed by atoms with E-state index in [1.165, 1.54) is 0 Å². The van der Waals surface area contributed by atoms with Crippen molar-refractivity contribution in [3.05, 3.63) is 71.8 Å². The molecule has 13 heteroatoms. The van der Waals surface area contributed by atoms with Crippen molar-refractivity contribution in [3.8, 4) is 12.1 Å². The molecule has 0 heterocycles. The molecule has 13 nitrogen and oxygen atoms in total. The number of alkyl carbamates (subject to hydrolysis) is 2. The van der Waals surface area contributed by atoms with Gasteiger partial charge in [-0.25, -0.2) is 9.59 Å². The lowest BCUT2D eigenvalue weighted by atomic mass is 10.0. The number of nitrogens with one attached hydrogen (secondary N) is 3. The van der Waals surface area contributed by atoms with E-state index in [1.807, 2.05) is 73.7 Å². The summed E-state index contributed by atoms with van der Waals surface area (Å²) in [5, 5.41) is 46.0. The van der Waals surface area contributed by atoms with E-state index in [0.717, 1.165) is 23.8 Å². The van der Waals surface area contributed by atoms with E-state index in [0.29, 0.717) is 51.1 Å². The number of aliphatic hydroxyl groups is 2. The van der Waals surface area contributed by atoms with Crippen LogP contribution in [0.4, 0.5) is 9.59 Å². The third-order valence-corrected chi connectivity index (χ3v) is 7.71. The van der Waals surface area contributed by atoms with Crippen molar-refractivity contribution >= 4 is 18.5 Å². The third kappa shape index (κ3) is 27.7. The quantitative estimate of drug-likeness (QED) is 0.103. The van der Waals surface area contributed by atoms with Crippen LogP contribution in [0.5, 0.6) is 0 Å². The molecule has 2 unspecified atom stereocenters. The molecule has 0 saturated carbocycles. The zero-order chi connectivity index (χ0) is 41.9. The summed E-state index contributed by atoms with van der Waals surface area (Å²) in [6.45, 7) is 15.8. The molecular formula is C42H66N6O7. The first-order valence-electron chi connectivity index (χ1n) is 18.9. The highest BCUT2D eigenvalue weighted by atomic mass is 16.6. The van der Waals surface area contributed by atoms with Crippen LogP contribution in [0.15, 0.2) is 60.7 Å². The van der Waals surface area contributed by atoms with E-state index in [1.54, 1.807) is 41.5 Å². The van der Waals surface area contributed by atoms with Crippen molar-refractivity contribution in [3.63, 3.8) is 0 Å². The maximum Gasteiger partial charge on any atom is 0.407 e. The van der Waals surface area contributed by atoms with Crippen molar-refractivity contribution < 1.29 is 34.1 Å². The molecule has 2 aromatic rings. The topological polar surface area (TPSA) is 220 Å². The summed E-state index contributed by atoms with van der Waals surface area (Å²) in [6.07, 6.45) is 1.74. The Balaban J connectivity index is 0.000000910. The third-order valence-electron chi connectivity index (χ3n) is 7.71. The molecule has 0 aliphatic rings. The van der Waals surface area contributed by atoms with Crippen LogP contribution in [0.25, 0.3) is 0 Å². The number of nitrogens with two attached hydrogens (primary N) is 1. The Hall–Kier alpha value is -4.53. The summed E-state index contributed by atoms with van der Waals surface area (Å²) >= 11 is 0.